The zero-order valence-corrected chi connectivity index (χ0v) is 13.8. The molecular weight excluding hydrogens is 328 g/mol. The van der Waals surface area contributed by atoms with E-state index in [1.54, 1.807) is 0 Å². The van der Waals surface area contributed by atoms with Gasteiger partial charge in [-0.3, -0.25) is 14.9 Å². The van der Waals surface area contributed by atoms with Gasteiger partial charge in [0.25, 0.3) is 5.69 Å². The summed E-state index contributed by atoms with van der Waals surface area (Å²) in [7, 11) is 0. The van der Waals surface area contributed by atoms with Crippen LogP contribution in [0.5, 0.6) is 0 Å². The minimum atomic E-state index is -0.630. The van der Waals surface area contributed by atoms with Crippen molar-refractivity contribution in [3.05, 3.63) is 69.2 Å². The molecule has 2 aromatic rings. The van der Waals surface area contributed by atoms with Crippen LogP contribution in [0.25, 0.3) is 0 Å². The van der Waals surface area contributed by atoms with Crippen molar-refractivity contribution in [1.29, 1.82) is 0 Å². The van der Waals surface area contributed by atoms with E-state index in [1.165, 1.54) is 18.2 Å². The number of nitro benzene ring substituents is 1. The first-order valence-corrected chi connectivity index (χ1v) is 8.22. The molecule has 0 atom stereocenters. The van der Waals surface area contributed by atoms with Crippen LogP contribution in [-0.4, -0.2) is 10.8 Å². The van der Waals surface area contributed by atoms with Gasteiger partial charge in [-0.1, -0.05) is 54.8 Å². The fourth-order valence-corrected chi connectivity index (χ4v) is 3.55. The largest absolute Gasteiger partial charge is 0.320 e. The van der Waals surface area contributed by atoms with Crippen LogP contribution in [0.2, 0.25) is 5.02 Å². The number of anilines is 1. The third-order valence-electron chi connectivity index (χ3n) is 4.62. The molecule has 2 aromatic carbocycles. The first-order valence-electron chi connectivity index (χ1n) is 7.84. The van der Waals surface area contributed by atoms with Crippen molar-refractivity contribution >= 4 is 28.9 Å². The number of carbonyl (C=O) groups excluding carboxylic acids is 1. The number of nitro groups is 1. The predicted octanol–water partition coefficient (Wildman–Crippen LogP) is 4.70. The van der Waals surface area contributed by atoms with Crippen LogP contribution in [0.3, 0.4) is 0 Å². The maximum absolute atomic E-state index is 13.0. The molecule has 0 spiro atoms. The second-order valence-electron chi connectivity index (χ2n) is 6.03. The summed E-state index contributed by atoms with van der Waals surface area (Å²) >= 11 is 5.83. The fraction of sp³-hybridized carbons (Fsp3) is 0.278. The van der Waals surface area contributed by atoms with Gasteiger partial charge in [-0.25, -0.2) is 0 Å². The molecule has 1 fully saturated rings. The van der Waals surface area contributed by atoms with Crippen molar-refractivity contribution < 1.29 is 9.72 Å². The molecule has 1 aliphatic rings. The van der Waals surface area contributed by atoms with Gasteiger partial charge in [0.1, 0.15) is 5.69 Å². The molecule has 3 rings (SSSR count). The Bertz CT molecular complexity index is 771. The van der Waals surface area contributed by atoms with Gasteiger partial charge in [0.05, 0.1) is 10.3 Å². The van der Waals surface area contributed by atoms with Gasteiger partial charge in [0, 0.05) is 11.1 Å². The summed E-state index contributed by atoms with van der Waals surface area (Å²) in [6, 6.07) is 13.9. The molecule has 1 aliphatic carbocycles. The van der Waals surface area contributed by atoms with E-state index >= 15 is 0 Å². The summed E-state index contributed by atoms with van der Waals surface area (Å²) in [6.07, 6.45) is 3.41. The molecule has 0 radical (unpaired) electrons. The lowest BCUT2D eigenvalue weighted by atomic mass is 9.78. The summed E-state index contributed by atoms with van der Waals surface area (Å²) in [5, 5.41) is 14.2. The van der Waals surface area contributed by atoms with Crippen LogP contribution in [0, 0.1) is 10.1 Å². The van der Waals surface area contributed by atoms with E-state index in [1.807, 2.05) is 30.3 Å². The Morgan fingerprint density at radius 2 is 1.79 bits per heavy atom. The highest BCUT2D eigenvalue weighted by molar-refractivity contribution is 6.31. The van der Waals surface area contributed by atoms with E-state index in [2.05, 4.69) is 5.32 Å². The number of nitrogens with zero attached hydrogens (tertiary/aromatic N) is 1. The zero-order chi connectivity index (χ0) is 17.2. The molecule has 0 aromatic heterocycles. The van der Waals surface area contributed by atoms with Gasteiger partial charge in [-0.05, 0) is 30.5 Å². The van der Waals surface area contributed by atoms with Crippen molar-refractivity contribution in [1.82, 2.24) is 0 Å². The highest BCUT2D eigenvalue weighted by Crippen LogP contribution is 2.42. The minimum Gasteiger partial charge on any atom is -0.320 e. The SMILES string of the molecule is O=C(Nc1ccc(Cl)cc1[N+](=O)[O-])C1(c2ccccc2)CCCC1. The number of hydrogen-bond acceptors (Lipinski definition) is 3. The Morgan fingerprint density at radius 3 is 2.42 bits per heavy atom. The van der Waals surface area contributed by atoms with Crippen molar-refractivity contribution in [2.24, 2.45) is 0 Å². The summed E-state index contributed by atoms with van der Waals surface area (Å²) in [5.74, 6) is -0.198. The third kappa shape index (κ3) is 2.99. The van der Waals surface area contributed by atoms with Gasteiger partial charge < -0.3 is 5.32 Å². The Kier molecular flexibility index (Phi) is 4.53. The van der Waals surface area contributed by atoms with E-state index in [9.17, 15) is 14.9 Å². The van der Waals surface area contributed by atoms with Crippen LogP contribution in [0.15, 0.2) is 48.5 Å². The van der Waals surface area contributed by atoms with Crippen LogP contribution < -0.4 is 5.32 Å². The molecule has 1 saturated carbocycles. The second kappa shape index (κ2) is 6.61. The molecule has 1 N–H and O–H groups in total. The van der Waals surface area contributed by atoms with E-state index < -0.39 is 10.3 Å². The predicted molar refractivity (Wildman–Crippen MR) is 93.3 cm³/mol. The molecule has 0 bridgehead atoms. The second-order valence-corrected chi connectivity index (χ2v) is 6.46. The number of hydrogen-bond donors (Lipinski definition) is 1. The molecule has 0 aliphatic heterocycles. The van der Waals surface area contributed by atoms with E-state index in [0.717, 1.165) is 31.2 Å². The molecule has 0 heterocycles. The van der Waals surface area contributed by atoms with Crippen LogP contribution >= 0.6 is 11.6 Å². The van der Waals surface area contributed by atoms with E-state index in [-0.39, 0.29) is 22.3 Å². The lowest BCUT2D eigenvalue weighted by molar-refractivity contribution is -0.383. The molecule has 24 heavy (non-hydrogen) atoms. The lowest BCUT2D eigenvalue weighted by Crippen LogP contribution is -2.38. The highest BCUT2D eigenvalue weighted by Gasteiger charge is 2.43. The first kappa shape index (κ1) is 16.5. The Morgan fingerprint density at radius 1 is 1.12 bits per heavy atom. The molecule has 6 heteroatoms. The third-order valence-corrected chi connectivity index (χ3v) is 4.86. The van der Waals surface area contributed by atoms with Crippen LogP contribution in [0.1, 0.15) is 31.2 Å². The zero-order valence-electron chi connectivity index (χ0n) is 13.0. The first-order chi connectivity index (χ1) is 11.5. The fourth-order valence-electron chi connectivity index (χ4n) is 3.39. The van der Waals surface area contributed by atoms with Crippen LogP contribution in [0.4, 0.5) is 11.4 Å². The number of halogens is 1. The normalized spacial score (nSPS) is 15.9. The van der Waals surface area contributed by atoms with Crippen LogP contribution in [-0.2, 0) is 10.2 Å². The van der Waals surface area contributed by atoms with Gasteiger partial charge >= 0.3 is 0 Å². The summed E-state index contributed by atoms with van der Waals surface area (Å²) < 4.78 is 0. The van der Waals surface area contributed by atoms with E-state index in [4.69, 9.17) is 11.6 Å². The summed E-state index contributed by atoms with van der Waals surface area (Å²) in [4.78, 5) is 23.7. The molecule has 0 unspecified atom stereocenters. The number of amides is 1. The molecule has 5 nitrogen and oxygen atoms in total. The minimum absolute atomic E-state index is 0.177. The summed E-state index contributed by atoms with van der Waals surface area (Å²) in [5.41, 5.74) is 0.305. The van der Waals surface area contributed by atoms with Crippen molar-refractivity contribution in [2.45, 2.75) is 31.1 Å². The Hall–Kier alpha value is -2.40. The molecule has 0 saturated heterocycles. The quantitative estimate of drug-likeness (QED) is 0.645. The van der Waals surface area contributed by atoms with Crippen molar-refractivity contribution in [2.75, 3.05) is 5.32 Å². The van der Waals surface area contributed by atoms with Gasteiger partial charge in [0.15, 0.2) is 0 Å². The van der Waals surface area contributed by atoms with Gasteiger partial charge in [-0.2, -0.15) is 0 Å². The lowest BCUT2D eigenvalue weighted by Gasteiger charge is -2.28. The van der Waals surface area contributed by atoms with Crippen molar-refractivity contribution in [3.8, 4) is 0 Å². The maximum atomic E-state index is 13.0. The molecule has 124 valence electrons. The average Bonchev–Trinajstić information content (AvgIpc) is 3.08. The van der Waals surface area contributed by atoms with E-state index in [0.29, 0.717) is 0 Å². The maximum Gasteiger partial charge on any atom is 0.294 e. The molecule has 1 amide bonds. The number of benzene rings is 2. The Labute approximate surface area is 144 Å². The topological polar surface area (TPSA) is 72.2 Å². The van der Waals surface area contributed by atoms with Gasteiger partial charge in [-0.15, -0.1) is 0 Å². The highest BCUT2D eigenvalue weighted by atomic mass is 35.5. The average molecular weight is 345 g/mol. The Balaban J connectivity index is 1.95. The number of carbonyl (C=O) groups is 1. The number of nitrogens with one attached hydrogen (secondary N) is 1. The number of rotatable bonds is 4. The molecular formula is C18H17ClN2O3. The van der Waals surface area contributed by atoms with Crippen molar-refractivity contribution in [3.63, 3.8) is 0 Å². The summed E-state index contributed by atoms with van der Waals surface area (Å²) in [6.45, 7) is 0. The van der Waals surface area contributed by atoms with Gasteiger partial charge in [0.2, 0.25) is 5.91 Å². The monoisotopic (exact) mass is 344 g/mol. The smallest absolute Gasteiger partial charge is 0.294 e. The standard InChI is InChI=1S/C18H17ClN2O3/c19-14-8-9-15(16(12-14)21(23)24)20-17(22)18(10-4-5-11-18)13-6-2-1-3-7-13/h1-3,6-9,12H,4-5,10-11H2,(H,20,22).